The summed E-state index contributed by atoms with van der Waals surface area (Å²) in [5, 5.41) is 14.1. The van der Waals surface area contributed by atoms with E-state index >= 15 is 0 Å². The molecule has 0 amide bonds. The standard InChI is InChI=1S/C30H38N6O/c1-20(2)28(29-32-33-34-36(29)18-23-11-7-5-8-12-23)35(26-13-9-6-10-14-26)19-25-17-24-15-21(3)22(4)16-27(24)31-30(25)37/h5,7-8,11-12,15-17,20,26,28H,6,9-10,13-14,18-19H2,1-4H3,(H,31,37). The quantitative estimate of drug-likeness (QED) is 0.336. The van der Waals surface area contributed by atoms with E-state index in [9.17, 15) is 4.79 Å². The van der Waals surface area contributed by atoms with Gasteiger partial charge in [0.15, 0.2) is 5.82 Å². The van der Waals surface area contributed by atoms with Crippen molar-refractivity contribution in [3.05, 3.63) is 87.0 Å². The van der Waals surface area contributed by atoms with E-state index in [1.165, 1.54) is 36.0 Å². The van der Waals surface area contributed by atoms with Crippen molar-refractivity contribution in [3.8, 4) is 0 Å². The van der Waals surface area contributed by atoms with Crippen molar-refractivity contribution in [2.75, 3.05) is 0 Å². The van der Waals surface area contributed by atoms with Gasteiger partial charge in [0.25, 0.3) is 5.56 Å². The van der Waals surface area contributed by atoms with E-state index in [2.05, 4.69) is 83.4 Å². The molecule has 2 aromatic carbocycles. The third-order valence-electron chi connectivity index (χ3n) is 7.92. The first-order chi connectivity index (χ1) is 17.9. The summed E-state index contributed by atoms with van der Waals surface area (Å²) in [7, 11) is 0. The molecule has 1 N–H and O–H groups in total. The number of aromatic nitrogens is 5. The molecule has 1 aliphatic rings. The molecule has 2 heterocycles. The molecule has 2 aromatic heterocycles. The van der Waals surface area contributed by atoms with Gasteiger partial charge in [0, 0.05) is 23.7 Å². The number of fused-ring (bicyclic) bond motifs is 1. The highest BCUT2D eigenvalue weighted by molar-refractivity contribution is 5.80. The van der Waals surface area contributed by atoms with E-state index in [0.717, 1.165) is 35.1 Å². The van der Waals surface area contributed by atoms with E-state index < -0.39 is 0 Å². The van der Waals surface area contributed by atoms with E-state index in [1.54, 1.807) is 0 Å². The number of H-pyrrole nitrogens is 1. The van der Waals surface area contributed by atoms with Crippen LogP contribution in [0, 0.1) is 19.8 Å². The molecule has 1 atom stereocenters. The summed E-state index contributed by atoms with van der Waals surface area (Å²) in [4.78, 5) is 19.0. The summed E-state index contributed by atoms with van der Waals surface area (Å²) in [6.07, 6.45) is 5.97. The minimum atomic E-state index is -0.0112. The first kappa shape index (κ1) is 25.3. The molecular formula is C30H38N6O. The number of tetrazole rings is 1. The molecule has 194 valence electrons. The largest absolute Gasteiger partial charge is 0.322 e. The Morgan fingerprint density at radius 1 is 1.03 bits per heavy atom. The van der Waals surface area contributed by atoms with Crippen LogP contribution in [0.5, 0.6) is 0 Å². The molecule has 1 fully saturated rings. The van der Waals surface area contributed by atoms with Crippen LogP contribution in [-0.4, -0.2) is 36.1 Å². The lowest BCUT2D eigenvalue weighted by molar-refractivity contribution is 0.0611. The van der Waals surface area contributed by atoms with Gasteiger partial charge in [-0.15, -0.1) is 5.10 Å². The molecule has 0 saturated heterocycles. The summed E-state index contributed by atoms with van der Waals surface area (Å²) in [5.41, 5.74) is 5.27. The highest BCUT2D eigenvalue weighted by Gasteiger charge is 2.35. The Labute approximate surface area is 218 Å². The molecule has 0 aliphatic heterocycles. The van der Waals surface area contributed by atoms with Gasteiger partial charge in [-0.05, 0) is 83.3 Å². The number of nitrogens with zero attached hydrogens (tertiary/aromatic N) is 5. The number of rotatable bonds is 8. The summed E-state index contributed by atoms with van der Waals surface area (Å²) in [6, 6.07) is 17.0. The minimum absolute atomic E-state index is 0.00309. The highest BCUT2D eigenvalue weighted by atomic mass is 16.1. The van der Waals surface area contributed by atoms with Crippen molar-refractivity contribution in [1.29, 1.82) is 0 Å². The molecule has 1 unspecified atom stereocenters. The van der Waals surface area contributed by atoms with Crippen molar-refractivity contribution >= 4 is 10.9 Å². The predicted octanol–water partition coefficient (Wildman–Crippen LogP) is 5.71. The van der Waals surface area contributed by atoms with Gasteiger partial charge < -0.3 is 4.98 Å². The first-order valence-corrected chi connectivity index (χ1v) is 13.6. The summed E-state index contributed by atoms with van der Waals surface area (Å²) in [5.74, 6) is 1.14. The average molecular weight is 499 g/mol. The number of aromatic amines is 1. The van der Waals surface area contributed by atoms with Gasteiger partial charge in [0.05, 0.1) is 12.6 Å². The van der Waals surface area contributed by atoms with Gasteiger partial charge in [-0.2, -0.15) is 0 Å². The Bertz CT molecular complexity index is 1400. The van der Waals surface area contributed by atoms with E-state index in [4.69, 9.17) is 0 Å². The zero-order valence-electron chi connectivity index (χ0n) is 22.4. The molecule has 0 bridgehead atoms. The van der Waals surface area contributed by atoms with Crippen LogP contribution in [-0.2, 0) is 13.1 Å². The molecule has 4 aromatic rings. The summed E-state index contributed by atoms with van der Waals surface area (Å²) in [6.45, 7) is 9.87. The van der Waals surface area contributed by atoms with Crippen LogP contribution in [0.25, 0.3) is 10.9 Å². The van der Waals surface area contributed by atoms with Gasteiger partial charge in [0.1, 0.15) is 0 Å². The van der Waals surface area contributed by atoms with Gasteiger partial charge in [-0.25, -0.2) is 4.68 Å². The third kappa shape index (κ3) is 5.52. The molecule has 7 heteroatoms. The molecule has 0 spiro atoms. The lowest BCUT2D eigenvalue weighted by atomic mass is 9.90. The Hall–Kier alpha value is -3.32. The van der Waals surface area contributed by atoms with Gasteiger partial charge in [-0.1, -0.05) is 63.4 Å². The maximum Gasteiger partial charge on any atom is 0.252 e. The maximum absolute atomic E-state index is 13.3. The second-order valence-corrected chi connectivity index (χ2v) is 11.0. The third-order valence-corrected chi connectivity index (χ3v) is 7.92. The van der Waals surface area contributed by atoms with Crippen molar-refractivity contribution < 1.29 is 0 Å². The maximum atomic E-state index is 13.3. The summed E-state index contributed by atoms with van der Waals surface area (Å²) < 4.78 is 1.94. The highest BCUT2D eigenvalue weighted by Crippen LogP contribution is 2.35. The van der Waals surface area contributed by atoms with Crippen LogP contribution in [0.2, 0.25) is 0 Å². The number of nitrogens with one attached hydrogen (secondary N) is 1. The Morgan fingerprint density at radius 2 is 1.76 bits per heavy atom. The Morgan fingerprint density at radius 3 is 2.49 bits per heavy atom. The van der Waals surface area contributed by atoms with Crippen LogP contribution in [0.3, 0.4) is 0 Å². The lowest BCUT2D eigenvalue weighted by Gasteiger charge is -2.41. The fourth-order valence-electron chi connectivity index (χ4n) is 5.83. The molecular weight excluding hydrogens is 460 g/mol. The zero-order chi connectivity index (χ0) is 25.9. The van der Waals surface area contributed by atoms with Crippen molar-refractivity contribution in [1.82, 2.24) is 30.1 Å². The van der Waals surface area contributed by atoms with Crippen LogP contribution in [0.15, 0.2) is 53.3 Å². The number of hydrogen-bond donors (Lipinski definition) is 1. The normalized spacial score (nSPS) is 15.6. The molecule has 1 aliphatic carbocycles. The monoisotopic (exact) mass is 498 g/mol. The van der Waals surface area contributed by atoms with Gasteiger partial charge in [-0.3, -0.25) is 9.69 Å². The van der Waals surface area contributed by atoms with Crippen LogP contribution in [0.1, 0.15) is 80.1 Å². The molecule has 1 saturated carbocycles. The second kappa shape index (κ2) is 11.0. The SMILES string of the molecule is Cc1cc2cc(CN(C3CCCCC3)C(c3nnnn3Cc3ccccc3)C(C)C)c(=O)[nH]c2cc1C. The van der Waals surface area contributed by atoms with E-state index in [1.807, 2.05) is 22.9 Å². The fraction of sp³-hybridized carbons (Fsp3) is 0.467. The van der Waals surface area contributed by atoms with E-state index in [-0.39, 0.29) is 17.5 Å². The molecule has 37 heavy (non-hydrogen) atoms. The van der Waals surface area contributed by atoms with Crippen molar-refractivity contribution in [2.24, 2.45) is 5.92 Å². The second-order valence-electron chi connectivity index (χ2n) is 11.0. The van der Waals surface area contributed by atoms with Crippen LogP contribution in [0.4, 0.5) is 0 Å². The number of hydrogen-bond acceptors (Lipinski definition) is 5. The van der Waals surface area contributed by atoms with Gasteiger partial charge >= 0.3 is 0 Å². The van der Waals surface area contributed by atoms with E-state index in [0.29, 0.717) is 19.1 Å². The smallest absolute Gasteiger partial charge is 0.252 e. The van der Waals surface area contributed by atoms with Crippen molar-refractivity contribution in [2.45, 2.75) is 85.0 Å². The molecule has 5 rings (SSSR count). The van der Waals surface area contributed by atoms with Gasteiger partial charge in [0.2, 0.25) is 0 Å². The number of pyridine rings is 1. The fourth-order valence-corrected chi connectivity index (χ4v) is 5.83. The van der Waals surface area contributed by atoms with Crippen LogP contribution < -0.4 is 5.56 Å². The Kier molecular flexibility index (Phi) is 7.51. The average Bonchev–Trinajstić information content (AvgIpc) is 3.33. The minimum Gasteiger partial charge on any atom is -0.322 e. The number of aryl methyl sites for hydroxylation is 2. The lowest BCUT2D eigenvalue weighted by Crippen LogP contribution is -2.43. The molecule has 7 nitrogen and oxygen atoms in total. The van der Waals surface area contributed by atoms with Crippen LogP contribution >= 0.6 is 0 Å². The Balaban J connectivity index is 1.55. The first-order valence-electron chi connectivity index (χ1n) is 13.6. The summed E-state index contributed by atoms with van der Waals surface area (Å²) >= 11 is 0. The topological polar surface area (TPSA) is 79.7 Å². The zero-order valence-corrected chi connectivity index (χ0v) is 22.4. The molecule has 0 radical (unpaired) electrons. The van der Waals surface area contributed by atoms with Crippen molar-refractivity contribution in [3.63, 3.8) is 0 Å². The predicted molar refractivity (Wildman–Crippen MR) is 147 cm³/mol. The number of benzene rings is 2.